The third-order valence-corrected chi connectivity index (χ3v) is 3.99. The number of amides is 1. The van der Waals surface area contributed by atoms with Crippen LogP contribution in [0.25, 0.3) is 0 Å². The number of carbonyl (C=O) groups excluding carboxylic acids is 1. The summed E-state index contributed by atoms with van der Waals surface area (Å²) in [5, 5.41) is 9.61. The highest BCUT2D eigenvalue weighted by Crippen LogP contribution is 2.26. The van der Waals surface area contributed by atoms with E-state index in [1.165, 1.54) is 5.56 Å². The van der Waals surface area contributed by atoms with E-state index in [9.17, 15) is 4.79 Å². The summed E-state index contributed by atoms with van der Waals surface area (Å²) in [5.74, 6) is 0.522. The van der Waals surface area contributed by atoms with Gasteiger partial charge in [-0.05, 0) is 29.8 Å². The number of fused-ring (bicyclic) bond motifs is 1. The van der Waals surface area contributed by atoms with Crippen molar-refractivity contribution in [1.82, 2.24) is 20.1 Å². The molecule has 0 spiro atoms. The number of carbonyl (C=O) groups is 1. The van der Waals surface area contributed by atoms with Crippen molar-refractivity contribution in [3.63, 3.8) is 0 Å². The first-order valence-corrected chi connectivity index (χ1v) is 7.15. The van der Waals surface area contributed by atoms with Gasteiger partial charge in [0.2, 0.25) is 0 Å². The number of rotatable bonds is 3. The molecule has 1 amide bonds. The summed E-state index contributed by atoms with van der Waals surface area (Å²) >= 11 is 5.04. The van der Waals surface area contributed by atoms with Gasteiger partial charge in [0.25, 0.3) is 5.91 Å². The van der Waals surface area contributed by atoms with Crippen molar-refractivity contribution in [3.8, 4) is 0 Å². The Kier molecular flexibility index (Phi) is 3.85. The van der Waals surface area contributed by atoms with Crippen molar-refractivity contribution in [2.45, 2.75) is 19.1 Å². The molecule has 110 valence electrons. The molecule has 1 aliphatic rings. The van der Waals surface area contributed by atoms with E-state index < -0.39 is 6.10 Å². The highest BCUT2D eigenvalue weighted by Gasteiger charge is 2.27. The monoisotopic (exact) mass is 304 g/mol. The van der Waals surface area contributed by atoms with Crippen molar-refractivity contribution in [2.75, 3.05) is 6.61 Å². The molecule has 2 aromatic rings. The fourth-order valence-electron chi connectivity index (χ4n) is 2.41. The molecule has 0 aliphatic carbocycles. The standard InChI is InChI=1S/C14H16N4O2S/c1-18-11(16-17-14(18)21)8-15-13(19)12-10-5-3-2-4-9(10)6-7-20-12/h2-5,12H,6-8H2,1H3,(H,15,19)(H,17,21)/t12-/m0/s1. The predicted octanol–water partition coefficient (Wildman–Crippen LogP) is 1.41. The van der Waals surface area contributed by atoms with Crippen molar-refractivity contribution >= 4 is 18.1 Å². The second-order valence-electron chi connectivity index (χ2n) is 4.92. The zero-order chi connectivity index (χ0) is 14.8. The van der Waals surface area contributed by atoms with E-state index in [-0.39, 0.29) is 5.91 Å². The third-order valence-electron chi connectivity index (χ3n) is 3.62. The lowest BCUT2D eigenvalue weighted by Gasteiger charge is -2.25. The van der Waals surface area contributed by atoms with E-state index in [1.54, 1.807) is 11.6 Å². The number of aromatic nitrogens is 3. The molecule has 1 atom stereocenters. The van der Waals surface area contributed by atoms with Gasteiger partial charge in [-0.3, -0.25) is 9.89 Å². The van der Waals surface area contributed by atoms with Crippen LogP contribution in [0.3, 0.4) is 0 Å². The molecule has 2 N–H and O–H groups in total. The van der Waals surface area contributed by atoms with Crippen LogP contribution in [0.15, 0.2) is 24.3 Å². The maximum atomic E-state index is 12.3. The van der Waals surface area contributed by atoms with Gasteiger partial charge in [0.15, 0.2) is 16.7 Å². The summed E-state index contributed by atoms with van der Waals surface area (Å²) in [6, 6.07) is 7.88. The van der Waals surface area contributed by atoms with E-state index in [0.717, 1.165) is 12.0 Å². The first-order chi connectivity index (χ1) is 10.2. The maximum Gasteiger partial charge on any atom is 0.254 e. The number of benzene rings is 1. The number of nitrogens with zero attached hydrogens (tertiary/aromatic N) is 2. The fraction of sp³-hybridized carbons (Fsp3) is 0.357. The number of nitrogens with one attached hydrogen (secondary N) is 2. The quantitative estimate of drug-likeness (QED) is 0.841. The Bertz CT molecular complexity index is 722. The van der Waals surface area contributed by atoms with Crippen molar-refractivity contribution < 1.29 is 9.53 Å². The lowest BCUT2D eigenvalue weighted by atomic mass is 9.97. The minimum atomic E-state index is -0.554. The van der Waals surface area contributed by atoms with Crippen LogP contribution in [0.1, 0.15) is 23.1 Å². The molecular weight excluding hydrogens is 288 g/mol. The third kappa shape index (κ3) is 2.74. The van der Waals surface area contributed by atoms with Gasteiger partial charge in [-0.25, -0.2) is 0 Å². The molecule has 21 heavy (non-hydrogen) atoms. The molecule has 0 radical (unpaired) electrons. The van der Waals surface area contributed by atoms with Gasteiger partial charge in [-0.15, -0.1) is 0 Å². The van der Waals surface area contributed by atoms with Gasteiger partial charge in [0, 0.05) is 7.05 Å². The molecule has 6 nitrogen and oxygen atoms in total. The average molecular weight is 304 g/mol. The number of H-pyrrole nitrogens is 1. The van der Waals surface area contributed by atoms with Gasteiger partial charge in [0.1, 0.15) is 0 Å². The predicted molar refractivity (Wildman–Crippen MR) is 79.1 cm³/mol. The number of aromatic amines is 1. The molecule has 1 aromatic heterocycles. The highest BCUT2D eigenvalue weighted by molar-refractivity contribution is 7.71. The largest absolute Gasteiger partial charge is 0.363 e. The Morgan fingerprint density at radius 3 is 3.14 bits per heavy atom. The van der Waals surface area contributed by atoms with E-state index >= 15 is 0 Å². The van der Waals surface area contributed by atoms with Crippen LogP contribution in [0.4, 0.5) is 0 Å². The number of hydrogen-bond donors (Lipinski definition) is 2. The molecule has 2 heterocycles. The second kappa shape index (κ2) is 5.79. The van der Waals surface area contributed by atoms with Crippen LogP contribution in [-0.4, -0.2) is 27.3 Å². The van der Waals surface area contributed by atoms with E-state index in [0.29, 0.717) is 23.7 Å². The summed E-state index contributed by atoms with van der Waals surface area (Å²) < 4.78 is 7.88. The Labute approximate surface area is 127 Å². The summed E-state index contributed by atoms with van der Waals surface area (Å²) in [5.41, 5.74) is 2.11. The smallest absolute Gasteiger partial charge is 0.254 e. The first-order valence-electron chi connectivity index (χ1n) is 6.74. The first kappa shape index (κ1) is 14.0. The summed E-state index contributed by atoms with van der Waals surface area (Å²) in [6.07, 6.45) is 0.287. The van der Waals surface area contributed by atoms with Crippen molar-refractivity contribution in [3.05, 3.63) is 46.0 Å². The fourth-order valence-corrected chi connectivity index (χ4v) is 2.56. The highest BCUT2D eigenvalue weighted by atomic mass is 32.1. The molecule has 0 unspecified atom stereocenters. The average Bonchev–Trinajstić information content (AvgIpc) is 2.84. The summed E-state index contributed by atoms with van der Waals surface area (Å²) in [7, 11) is 1.81. The molecule has 1 aliphatic heterocycles. The van der Waals surface area contributed by atoms with Gasteiger partial charge in [0.05, 0.1) is 13.2 Å². The van der Waals surface area contributed by atoms with Crippen LogP contribution in [0, 0.1) is 4.77 Å². The van der Waals surface area contributed by atoms with Crippen molar-refractivity contribution in [2.24, 2.45) is 7.05 Å². The Morgan fingerprint density at radius 1 is 1.57 bits per heavy atom. The molecule has 3 rings (SSSR count). The Balaban J connectivity index is 1.72. The molecule has 0 saturated heterocycles. The van der Waals surface area contributed by atoms with Crippen LogP contribution >= 0.6 is 12.2 Å². The van der Waals surface area contributed by atoms with E-state index in [4.69, 9.17) is 17.0 Å². The van der Waals surface area contributed by atoms with Crippen molar-refractivity contribution in [1.29, 1.82) is 0 Å². The molecule has 0 bridgehead atoms. The van der Waals surface area contributed by atoms with E-state index in [1.807, 2.05) is 24.3 Å². The van der Waals surface area contributed by atoms with Gasteiger partial charge in [-0.1, -0.05) is 24.3 Å². The summed E-state index contributed by atoms with van der Waals surface area (Å²) in [6.45, 7) is 0.867. The van der Waals surface area contributed by atoms with Crippen LogP contribution in [0.5, 0.6) is 0 Å². The second-order valence-corrected chi connectivity index (χ2v) is 5.31. The lowest BCUT2D eigenvalue weighted by molar-refractivity contribution is -0.134. The minimum absolute atomic E-state index is 0.156. The van der Waals surface area contributed by atoms with Gasteiger partial charge in [-0.2, -0.15) is 5.10 Å². The van der Waals surface area contributed by atoms with Crippen LogP contribution < -0.4 is 5.32 Å². The van der Waals surface area contributed by atoms with E-state index in [2.05, 4.69) is 15.5 Å². The molecule has 0 saturated carbocycles. The SMILES string of the molecule is Cn1c(CNC(=O)[C@H]2OCCc3ccccc32)n[nH]c1=S. The van der Waals surface area contributed by atoms with Crippen LogP contribution in [-0.2, 0) is 29.5 Å². The zero-order valence-electron chi connectivity index (χ0n) is 11.6. The molecule has 1 aromatic carbocycles. The molecule has 7 heteroatoms. The van der Waals surface area contributed by atoms with Gasteiger partial charge < -0.3 is 14.6 Å². The number of ether oxygens (including phenoxy) is 1. The maximum absolute atomic E-state index is 12.3. The summed E-state index contributed by atoms with van der Waals surface area (Å²) in [4.78, 5) is 12.3. The lowest BCUT2D eigenvalue weighted by Crippen LogP contribution is -2.34. The Hall–Kier alpha value is -1.99. The van der Waals surface area contributed by atoms with Crippen LogP contribution in [0.2, 0.25) is 0 Å². The number of hydrogen-bond acceptors (Lipinski definition) is 4. The Morgan fingerprint density at radius 2 is 2.38 bits per heavy atom. The minimum Gasteiger partial charge on any atom is -0.363 e. The normalized spacial score (nSPS) is 17.3. The zero-order valence-corrected chi connectivity index (χ0v) is 12.4. The van der Waals surface area contributed by atoms with Gasteiger partial charge >= 0.3 is 0 Å². The molecule has 0 fully saturated rings. The molecular formula is C14H16N4O2S. The topological polar surface area (TPSA) is 71.9 Å².